The van der Waals surface area contributed by atoms with Gasteiger partial charge in [0.1, 0.15) is 0 Å². The second-order valence-electron chi connectivity index (χ2n) is 5.11. The van der Waals surface area contributed by atoms with E-state index in [4.69, 9.17) is 4.74 Å². The number of hydrogen-bond donors (Lipinski definition) is 1. The Kier molecular flexibility index (Phi) is 3.12. The van der Waals surface area contributed by atoms with Crippen molar-refractivity contribution in [1.29, 1.82) is 0 Å². The predicted molar refractivity (Wildman–Crippen MR) is 74.4 cm³/mol. The minimum atomic E-state index is -4.81. The number of esters is 1. The van der Waals surface area contributed by atoms with Crippen molar-refractivity contribution in [1.82, 2.24) is 0 Å². The van der Waals surface area contributed by atoms with Gasteiger partial charge >= 0.3 is 17.9 Å². The van der Waals surface area contributed by atoms with Crippen LogP contribution in [-0.2, 0) is 10.5 Å². The summed E-state index contributed by atoms with van der Waals surface area (Å²) in [7, 11) is 0. The summed E-state index contributed by atoms with van der Waals surface area (Å²) in [6.45, 7) is 1.74. The number of rotatable bonds is 1. The quantitative estimate of drug-likeness (QED) is 0.810. The molecule has 0 bridgehead atoms. The van der Waals surface area contributed by atoms with E-state index in [1.54, 1.807) is 19.1 Å². The van der Waals surface area contributed by atoms with Crippen molar-refractivity contribution >= 4 is 11.7 Å². The van der Waals surface area contributed by atoms with E-state index in [0.717, 1.165) is 5.56 Å². The van der Waals surface area contributed by atoms with Crippen LogP contribution in [0.4, 0.5) is 18.9 Å². The highest BCUT2D eigenvalue weighted by molar-refractivity contribution is 5.98. The maximum Gasteiger partial charge on any atom is 0.453 e. The van der Waals surface area contributed by atoms with Crippen molar-refractivity contribution in [3.8, 4) is 0 Å². The molecule has 0 radical (unpaired) electrons. The van der Waals surface area contributed by atoms with Crippen molar-refractivity contribution in [3.05, 3.63) is 65.2 Å². The van der Waals surface area contributed by atoms with Crippen molar-refractivity contribution in [3.63, 3.8) is 0 Å². The molecule has 1 aliphatic heterocycles. The highest BCUT2D eigenvalue weighted by atomic mass is 19.4. The Hall–Kier alpha value is -2.50. The minimum Gasteiger partial charge on any atom is -0.421 e. The number of anilines is 1. The standard InChI is InChI=1S/C16H12F3NO2/c1-10-7-8-12-13(9-10)20-15(16(17,18)19,22-14(12)21)11-5-3-2-4-6-11/h2-9,20H,1H3/t15-/m0/s1. The lowest BCUT2D eigenvalue weighted by atomic mass is 9.97. The minimum absolute atomic E-state index is 0.0846. The summed E-state index contributed by atoms with van der Waals surface area (Å²) in [6.07, 6.45) is -4.81. The Bertz CT molecular complexity index is 728. The van der Waals surface area contributed by atoms with Crippen LogP contribution in [0.1, 0.15) is 21.5 Å². The van der Waals surface area contributed by atoms with Crippen LogP contribution in [0.25, 0.3) is 0 Å². The average Bonchev–Trinajstić information content (AvgIpc) is 2.46. The van der Waals surface area contributed by atoms with Crippen LogP contribution in [0.3, 0.4) is 0 Å². The first-order chi connectivity index (χ1) is 10.3. The fourth-order valence-corrected chi connectivity index (χ4v) is 2.45. The molecule has 2 aromatic carbocycles. The molecule has 1 atom stereocenters. The lowest BCUT2D eigenvalue weighted by Gasteiger charge is -2.40. The number of carbonyl (C=O) groups is 1. The van der Waals surface area contributed by atoms with Gasteiger partial charge in [-0.3, -0.25) is 0 Å². The van der Waals surface area contributed by atoms with Gasteiger partial charge in [0.25, 0.3) is 0 Å². The molecule has 114 valence electrons. The molecular formula is C16H12F3NO2. The molecule has 6 heteroatoms. The predicted octanol–water partition coefficient (Wildman–Crippen LogP) is 3.99. The van der Waals surface area contributed by atoms with Crippen LogP contribution < -0.4 is 5.32 Å². The molecule has 3 rings (SSSR count). The van der Waals surface area contributed by atoms with E-state index < -0.39 is 17.9 Å². The van der Waals surface area contributed by atoms with Gasteiger partial charge < -0.3 is 10.1 Å². The molecule has 0 amide bonds. The molecule has 0 unspecified atom stereocenters. The summed E-state index contributed by atoms with van der Waals surface area (Å²) >= 11 is 0. The first kappa shape index (κ1) is 14.4. The smallest absolute Gasteiger partial charge is 0.421 e. The number of cyclic esters (lactones) is 1. The first-order valence-electron chi connectivity index (χ1n) is 6.58. The normalized spacial score (nSPS) is 20.8. The van der Waals surface area contributed by atoms with Crippen molar-refractivity contribution in [2.75, 3.05) is 5.32 Å². The third-order valence-electron chi connectivity index (χ3n) is 3.53. The first-order valence-corrected chi connectivity index (χ1v) is 6.58. The second kappa shape index (κ2) is 4.76. The highest BCUT2D eigenvalue weighted by Gasteiger charge is 2.62. The molecule has 1 N–H and O–H groups in total. The van der Waals surface area contributed by atoms with Crippen LogP contribution in [0.5, 0.6) is 0 Å². The molecule has 0 saturated carbocycles. The number of aryl methyl sites for hydroxylation is 1. The topological polar surface area (TPSA) is 38.3 Å². The zero-order valence-electron chi connectivity index (χ0n) is 11.6. The van der Waals surface area contributed by atoms with Gasteiger partial charge in [-0.25, -0.2) is 4.79 Å². The van der Waals surface area contributed by atoms with Crippen LogP contribution in [0.2, 0.25) is 0 Å². The number of ether oxygens (including phenoxy) is 1. The van der Waals surface area contributed by atoms with E-state index in [2.05, 4.69) is 5.32 Å². The van der Waals surface area contributed by atoms with Crippen LogP contribution in [0, 0.1) is 6.92 Å². The van der Waals surface area contributed by atoms with Gasteiger partial charge in [0.2, 0.25) is 0 Å². The molecule has 0 fully saturated rings. The second-order valence-corrected chi connectivity index (χ2v) is 5.11. The zero-order chi connectivity index (χ0) is 16.0. The van der Waals surface area contributed by atoms with Crippen molar-refractivity contribution in [2.45, 2.75) is 18.8 Å². The van der Waals surface area contributed by atoms with Gasteiger partial charge in [-0.15, -0.1) is 0 Å². The van der Waals surface area contributed by atoms with Gasteiger partial charge in [-0.2, -0.15) is 13.2 Å². The third kappa shape index (κ3) is 2.11. The molecule has 1 aliphatic rings. The highest BCUT2D eigenvalue weighted by Crippen LogP contribution is 2.46. The van der Waals surface area contributed by atoms with Crippen LogP contribution >= 0.6 is 0 Å². The summed E-state index contributed by atoms with van der Waals surface area (Å²) in [5, 5.41) is 2.37. The van der Waals surface area contributed by atoms with Gasteiger partial charge in [0.05, 0.1) is 11.3 Å². The van der Waals surface area contributed by atoms with E-state index in [9.17, 15) is 18.0 Å². The number of hydrogen-bond acceptors (Lipinski definition) is 3. The zero-order valence-corrected chi connectivity index (χ0v) is 11.6. The van der Waals surface area contributed by atoms with E-state index in [0.29, 0.717) is 0 Å². The monoisotopic (exact) mass is 307 g/mol. The number of carbonyl (C=O) groups excluding carboxylic acids is 1. The lowest BCUT2D eigenvalue weighted by molar-refractivity contribution is -0.254. The molecule has 3 nitrogen and oxygen atoms in total. The maximum absolute atomic E-state index is 13.7. The van der Waals surface area contributed by atoms with E-state index in [1.807, 2.05) is 0 Å². The fraction of sp³-hybridized carbons (Fsp3) is 0.188. The van der Waals surface area contributed by atoms with E-state index in [-0.39, 0.29) is 16.8 Å². The Morgan fingerprint density at radius 2 is 1.77 bits per heavy atom. The van der Waals surface area contributed by atoms with Crippen molar-refractivity contribution in [2.24, 2.45) is 0 Å². The third-order valence-corrected chi connectivity index (χ3v) is 3.53. The molecule has 0 aliphatic carbocycles. The number of nitrogens with one attached hydrogen (secondary N) is 1. The molecule has 0 spiro atoms. The SMILES string of the molecule is Cc1ccc2c(c1)N[C@](c1ccccc1)(C(F)(F)F)OC2=O. The Morgan fingerprint density at radius 1 is 1.09 bits per heavy atom. The lowest BCUT2D eigenvalue weighted by Crippen LogP contribution is -2.54. The summed E-state index contributed by atoms with van der Waals surface area (Å²) in [5.74, 6) is -1.00. The number of alkyl halides is 3. The fourth-order valence-electron chi connectivity index (χ4n) is 2.45. The van der Waals surface area contributed by atoms with Crippen LogP contribution in [0.15, 0.2) is 48.5 Å². The Balaban J connectivity index is 2.20. The Labute approximate surface area is 124 Å². The molecular weight excluding hydrogens is 295 g/mol. The average molecular weight is 307 g/mol. The summed E-state index contributed by atoms with van der Waals surface area (Å²) in [6, 6.07) is 11.7. The number of benzene rings is 2. The van der Waals surface area contributed by atoms with Gasteiger partial charge in [-0.1, -0.05) is 36.4 Å². The summed E-state index contributed by atoms with van der Waals surface area (Å²) in [4.78, 5) is 12.1. The van der Waals surface area contributed by atoms with Gasteiger partial charge in [0, 0.05) is 5.56 Å². The van der Waals surface area contributed by atoms with Gasteiger partial charge in [-0.05, 0) is 24.6 Å². The number of fused-ring (bicyclic) bond motifs is 1. The van der Waals surface area contributed by atoms with Crippen LogP contribution in [-0.4, -0.2) is 12.1 Å². The van der Waals surface area contributed by atoms with Gasteiger partial charge in [0.15, 0.2) is 0 Å². The molecule has 22 heavy (non-hydrogen) atoms. The Morgan fingerprint density at radius 3 is 2.41 bits per heavy atom. The van der Waals surface area contributed by atoms with Crippen molar-refractivity contribution < 1.29 is 22.7 Å². The van der Waals surface area contributed by atoms with E-state index >= 15 is 0 Å². The molecule has 0 saturated heterocycles. The maximum atomic E-state index is 13.7. The summed E-state index contributed by atoms with van der Waals surface area (Å²) in [5.41, 5.74) is -2.13. The molecule has 1 heterocycles. The summed E-state index contributed by atoms with van der Waals surface area (Å²) < 4.78 is 45.9. The number of halogens is 3. The largest absolute Gasteiger partial charge is 0.453 e. The van der Waals surface area contributed by atoms with E-state index in [1.165, 1.54) is 36.4 Å². The molecule has 0 aromatic heterocycles. The molecule has 2 aromatic rings.